The van der Waals surface area contributed by atoms with Gasteiger partial charge in [-0.1, -0.05) is 102 Å². The summed E-state index contributed by atoms with van der Waals surface area (Å²) >= 11 is 0. The first kappa shape index (κ1) is 22.8. The summed E-state index contributed by atoms with van der Waals surface area (Å²) in [5.74, 6) is 0. The van der Waals surface area contributed by atoms with Gasteiger partial charge >= 0.3 is 0 Å². The fraction of sp³-hybridized carbons (Fsp3) is 0.0556. The normalized spacial score (nSPS) is 11.4. The maximum Gasteiger partial charge on any atom is 0.0468 e. The van der Waals surface area contributed by atoms with Crippen LogP contribution in [0.3, 0.4) is 0 Å². The fourth-order valence-electron chi connectivity index (χ4n) is 4.83. The highest BCUT2D eigenvalue weighted by Gasteiger charge is 2.13. The molecule has 0 unspecified atom stereocenters. The van der Waals surface area contributed by atoms with Crippen molar-refractivity contribution in [3.63, 3.8) is 0 Å². The van der Waals surface area contributed by atoms with E-state index in [4.69, 9.17) is 0 Å². The largest absolute Gasteiger partial charge is 0.310 e. The lowest BCUT2D eigenvalue weighted by atomic mass is 10.0. The van der Waals surface area contributed by atoms with Gasteiger partial charge in [-0.2, -0.15) is 0 Å². The lowest BCUT2D eigenvalue weighted by Gasteiger charge is -2.26. The van der Waals surface area contributed by atoms with E-state index in [1.807, 2.05) is 0 Å². The van der Waals surface area contributed by atoms with Gasteiger partial charge in [0.15, 0.2) is 0 Å². The first-order valence-electron chi connectivity index (χ1n) is 12.8. The van der Waals surface area contributed by atoms with Crippen molar-refractivity contribution in [2.45, 2.75) is 13.8 Å². The van der Waals surface area contributed by atoms with E-state index < -0.39 is 0 Å². The molecule has 0 N–H and O–H groups in total. The summed E-state index contributed by atoms with van der Waals surface area (Å²) in [5, 5.41) is 5.00. The number of benzene rings is 6. The number of hydrogen-bond donors (Lipinski definition) is 0. The molecule has 0 atom stereocenters. The highest BCUT2D eigenvalue weighted by Crippen LogP contribution is 2.36. The SMILES string of the molecule is Cc1ccc(N(c2ccc(C)cc2)c2ccc3cc(C=Cc4ccc5ccccc5c4)ccc3c2)cc1. The van der Waals surface area contributed by atoms with Crippen LogP contribution in [0.1, 0.15) is 22.3 Å². The van der Waals surface area contributed by atoms with Crippen molar-refractivity contribution < 1.29 is 0 Å². The summed E-state index contributed by atoms with van der Waals surface area (Å²) in [7, 11) is 0. The van der Waals surface area contributed by atoms with Gasteiger partial charge in [-0.05, 0) is 95.1 Å². The maximum absolute atomic E-state index is 2.33. The molecule has 1 heteroatoms. The van der Waals surface area contributed by atoms with Gasteiger partial charge in [-0.15, -0.1) is 0 Å². The van der Waals surface area contributed by atoms with Crippen LogP contribution in [0.25, 0.3) is 33.7 Å². The zero-order valence-corrected chi connectivity index (χ0v) is 21.2. The molecule has 0 amide bonds. The molecule has 0 saturated heterocycles. The Bertz CT molecular complexity index is 1680. The van der Waals surface area contributed by atoms with E-state index >= 15 is 0 Å². The van der Waals surface area contributed by atoms with Gasteiger partial charge in [0.1, 0.15) is 0 Å². The number of rotatable bonds is 5. The van der Waals surface area contributed by atoms with Crippen LogP contribution in [-0.4, -0.2) is 0 Å². The van der Waals surface area contributed by atoms with Gasteiger partial charge in [0.05, 0.1) is 0 Å². The zero-order valence-electron chi connectivity index (χ0n) is 21.2. The molecule has 0 fully saturated rings. The first-order valence-corrected chi connectivity index (χ1v) is 12.8. The van der Waals surface area contributed by atoms with Gasteiger partial charge in [-0.3, -0.25) is 0 Å². The fourth-order valence-corrected chi connectivity index (χ4v) is 4.83. The van der Waals surface area contributed by atoms with Crippen molar-refractivity contribution in [1.82, 2.24) is 0 Å². The second-order valence-corrected chi connectivity index (χ2v) is 9.74. The monoisotopic (exact) mass is 475 g/mol. The lowest BCUT2D eigenvalue weighted by Crippen LogP contribution is -2.09. The molecule has 1 nitrogen and oxygen atoms in total. The molecule has 178 valence electrons. The van der Waals surface area contributed by atoms with E-state index in [0.717, 1.165) is 17.1 Å². The van der Waals surface area contributed by atoms with E-state index in [9.17, 15) is 0 Å². The van der Waals surface area contributed by atoms with Gasteiger partial charge in [0, 0.05) is 17.1 Å². The summed E-state index contributed by atoms with van der Waals surface area (Å²) in [4.78, 5) is 2.33. The Hall–Kier alpha value is -4.62. The predicted molar refractivity (Wildman–Crippen MR) is 161 cm³/mol. The van der Waals surface area contributed by atoms with E-state index in [0.29, 0.717) is 0 Å². The lowest BCUT2D eigenvalue weighted by molar-refractivity contribution is 1.27. The van der Waals surface area contributed by atoms with Crippen LogP contribution in [0.15, 0.2) is 127 Å². The van der Waals surface area contributed by atoms with Crippen molar-refractivity contribution in [3.8, 4) is 0 Å². The summed E-state index contributed by atoms with van der Waals surface area (Å²) in [6, 6.07) is 46.0. The molecule has 0 spiro atoms. The van der Waals surface area contributed by atoms with Gasteiger partial charge in [0.25, 0.3) is 0 Å². The third-order valence-electron chi connectivity index (χ3n) is 6.93. The molecule has 6 aromatic rings. The van der Waals surface area contributed by atoms with Crippen LogP contribution in [0, 0.1) is 13.8 Å². The number of hydrogen-bond acceptors (Lipinski definition) is 1. The highest BCUT2D eigenvalue weighted by atomic mass is 15.1. The van der Waals surface area contributed by atoms with Crippen LogP contribution in [-0.2, 0) is 0 Å². The number of nitrogens with zero attached hydrogens (tertiary/aromatic N) is 1. The Morgan fingerprint density at radius 3 is 1.43 bits per heavy atom. The van der Waals surface area contributed by atoms with Crippen molar-refractivity contribution in [2.24, 2.45) is 0 Å². The molecular formula is C36H29N. The first-order chi connectivity index (χ1) is 18.1. The summed E-state index contributed by atoms with van der Waals surface area (Å²) in [6.07, 6.45) is 4.39. The van der Waals surface area contributed by atoms with E-state index in [1.54, 1.807) is 0 Å². The molecule has 0 saturated carbocycles. The Balaban J connectivity index is 1.33. The quantitative estimate of drug-likeness (QED) is 0.224. The third-order valence-corrected chi connectivity index (χ3v) is 6.93. The number of fused-ring (bicyclic) bond motifs is 2. The predicted octanol–water partition coefficient (Wildman–Crippen LogP) is 10.3. The van der Waals surface area contributed by atoms with E-state index in [-0.39, 0.29) is 0 Å². The van der Waals surface area contributed by atoms with Crippen LogP contribution in [0.2, 0.25) is 0 Å². The van der Waals surface area contributed by atoms with Crippen molar-refractivity contribution in [2.75, 3.05) is 4.90 Å². The average molecular weight is 476 g/mol. The van der Waals surface area contributed by atoms with Crippen LogP contribution < -0.4 is 4.90 Å². The minimum absolute atomic E-state index is 1.15. The maximum atomic E-state index is 2.33. The second kappa shape index (κ2) is 9.79. The zero-order chi connectivity index (χ0) is 25.2. The third kappa shape index (κ3) is 4.90. The standard InChI is InChI=1S/C36H29N/c1-26-7-18-34(19-8-26)37(35-20-9-27(2)10-21-35)36-22-17-32-24-29(14-16-33(32)25-36)12-11-28-13-15-30-5-3-4-6-31(30)23-28/h3-25H,1-2H3. The molecule has 0 radical (unpaired) electrons. The molecule has 0 heterocycles. The van der Waals surface area contributed by atoms with E-state index in [2.05, 4.69) is 158 Å². The van der Waals surface area contributed by atoms with Crippen molar-refractivity contribution >= 4 is 50.8 Å². The second-order valence-electron chi connectivity index (χ2n) is 9.74. The Labute approximate surface area is 218 Å². The molecule has 0 aliphatic heterocycles. The minimum atomic E-state index is 1.15. The summed E-state index contributed by atoms with van der Waals surface area (Å²) in [6.45, 7) is 4.25. The number of anilines is 3. The van der Waals surface area contributed by atoms with Crippen LogP contribution in [0.5, 0.6) is 0 Å². The van der Waals surface area contributed by atoms with Crippen molar-refractivity contribution in [3.05, 3.63) is 150 Å². The Kier molecular flexibility index (Phi) is 6.04. The number of aryl methyl sites for hydroxylation is 2. The molecule has 37 heavy (non-hydrogen) atoms. The highest BCUT2D eigenvalue weighted by molar-refractivity contribution is 5.92. The molecule has 6 rings (SSSR count). The summed E-state index contributed by atoms with van der Waals surface area (Å²) < 4.78 is 0. The molecule has 0 bridgehead atoms. The molecule has 6 aromatic carbocycles. The Morgan fingerprint density at radius 2 is 0.838 bits per heavy atom. The van der Waals surface area contributed by atoms with Crippen LogP contribution >= 0.6 is 0 Å². The van der Waals surface area contributed by atoms with Gasteiger partial charge in [0.2, 0.25) is 0 Å². The van der Waals surface area contributed by atoms with E-state index in [1.165, 1.54) is 43.8 Å². The topological polar surface area (TPSA) is 3.24 Å². The van der Waals surface area contributed by atoms with Gasteiger partial charge < -0.3 is 4.90 Å². The average Bonchev–Trinajstić information content (AvgIpc) is 2.94. The molecular weight excluding hydrogens is 446 g/mol. The van der Waals surface area contributed by atoms with Crippen LogP contribution in [0.4, 0.5) is 17.1 Å². The van der Waals surface area contributed by atoms with Crippen molar-refractivity contribution in [1.29, 1.82) is 0 Å². The van der Waals surface area contributed by atoms with Gasteiger partial charge in [-0.25, -0.2) is 0 Å². The molecule has 0 aliphatic carbocycles. The Morgan fingerprint density at radius 1 is 0.405 bits per heavy atom. The minimum Gasteiger partial charge on any atom is -0.310 e. The summed E-state index contributed by atoms with van der Waals surface area (Å²) in [5.41, 5.74) is 8.39. The molecule has 0 aliphatic rings. The smallest absolute Gasteiger partial charge is 0.0468 e. The molecule has 0 aromatic heterocycles.